The van der Waals surface area contributed by atoms with Crippen molar-refractivity contribution in [1.29, 1.82) is 0 Å². The third-order valence-corrected chi connectivity index (χ3v) is 3.32. The minimum atomic E-state index is 0.847. The largest absolute Gasteiger partial charge is 0.497 e. The molecule has 0 N–H and O–H groups in total. The summed E-state index contributed by atoms with van der Waals surface area (Å²) in [5.74, 6) is 0.872. The van der Waals surface area contributed by atoms with Crippen LogP contribution >= 0.6 is 0 Å². The summed E-state index contributed by atoms with van der Waals surface area (Å²) in [6, 6.07) is 12.1. The highest BCUT2D eigenvalue weighted by molar-refractivity contribution is 6.15. The van der Waals surface area contributed by atoms with Gasteiger partial charge in [-0.15, -0.1) is 0 Å². The van der Waals surface area contributed by atoms with Crippen LogP contribution in [0.15, 0.2) is 59.4 Å². The van der Waals surface area contributed by atoms with Crippen molar-refractivity contribution in [2.45, 2.75) is 6.42 Å². The lowest BCUT2D eigenvalue weighted by molar-refractivity contribution is 0.414. The van der Waals surface area contributed by atoms with Gasteiger partial charge in [0, 0.05) is 24.5 Å². The van der Waals surface area contributed by atoms with E-state index in [2.05, 4.69) is 28.2 Å². The van der Waals surface area contributed by atoms with Gasteiger partial charge in [0.25, 0.3) is 0 Å². The highest BCUT2D eigenvalue weighted by Gasteiger charge is 2.15. The van der Waals surface area contributed by atoms with E-state index >= 15 is 0 Å². The number of hydrogen-bond donors (Lipinski definition) is 0. The summed E-state index contributed by atoms with van der Waals surface area (Å²) in [5, 5.41) is 0. The van der Waals surface area contributed by atoms with Gasteiger partial charge in [0.2, 0.25) is 0 Å². The Morgan fingerprint density at radius 1 is 1.20 bits per heavy atom. The average Bonchev–Trinajstić information content (AvgIpc) is 2.96. The van der Waals surface area contributed by atoms with E-state index in [4.69, 9.17) is 4.74 Å². The number of hydrogen-bond acceptors (Lipinski definition) is 3. The van der Waals surface area contributed by atoms with Crippen LogP contribution < -0.4 is 4.74 Å². The van der Waals surface area contributed by atoms with Gasteiger partial charge in [0.05, 0.1) is 12.8 Å². The number of ether oxygens (including phenoxy) is 1. The minimum Gasteiger partial charge on any atom is -0.497 e. The summed E-state index contributed by atoms with van der Waals surface area (Å²) in [7, 11) is 1.68. The van der Waals surface area contributed by atoms with Crippen LogP contribution in [0.4, 0.5) is 0 Å². The molecular weight excluding hydrogens is 248 g/mol. The van der Waals surface area contributed by atoms with Crippen molar-refractivity contribution in [3.05, 3.63) is 65.5 Å². The number of aliphatic imine (C=N–C) groups is 1. The third-order valence-electron chi connectivity index (χ3n) is 3.32. The maximum Gasteiger partial charge on any atom is 0.119 e. The zero-order valence-electron chi connectivity index (χ0n) is 11.4. The van der Waals surface area contributed by atoms with Crippen LogP contribution in [0.5, 0.6) is 5.75 Å². The van der Waals surface area contributed by atoms with Crippen molar-refractivity contribution < 1.29 is 4.74 Å². The van der Waals surface area contributed by atoms with Crippen molar-refractivity contribution in [2.75, 3.05) is 13.7 Å². The zero-order valence-corrected chi connectivity index (χ0v) is 11.4. The molecule has 2 heterocycles. The maximum atomic E-state index is 5.26. The maximum absolute atomic E-state index is 5.26. The van der Waals surface area contributed by atoms with E-state index in [-0.39, 0.29) is 0 Å². The fourth-order valence-corrected chi connectivity index (χ4v) is 2.36. The number of pyridine rings is 1. The molecule has 20 heavy (non-hydrogen) atoms. The second kappa shape index (κ2) is 5.70. The van der Waals surface area contributed by atoms with E-state index < -0.39 is 0 Å². The fourth-order valence-electron chi connectivity index (χ4n) is 2.36. The molecule has 0 fully saturated rings. The summed E-state index contributed by atoms with van der Waals surface area (Å²) < 4.78 is 5.26. The molecule has 3 rings (SSSR count). The van der Waals surface area contributed by atoms with Gasteiger partial charge in [-0.1, -0.05) is 12.1 Å². The molecule has 1 aliphatic rings. The first-order chi connectivity index (χ1) is 9.86. The Balaban J connectivity index is 1.93. The highest BCUT2D eigenvalue weighted by atomic mass is 16.5. The molecule has 0 saturated carbocycles. The number of aromatic nitrogens is 1. The average molecular weight is 264 g/mol. The van der Waals surface area contributed by atoms with Crippen molar-refractivity contribution >= 4 is 11.8 Å². The van der Waals surface area contributed by atoms with Crippen molar-refractivity contribution in [2.24, 2.45) is 4.99 Å². The molecule has 1 aromatic carbocycles. The summed E-state index contributed by atoms with van der Waals surface area (Å²) in [6.45, 7) is 0.847. The molecule has 0 saturated heterocycles. The minimum absolute atomic E-state index is 0.847. The summed E-state index contributed by atoms with van der Waals surface area (Å²) in [6.07, 6.45) is 6.80. The molecule has 0 unspecified atom stereocenters. The van der Waals surface area contributed by atoms with Crippen LogP contribution in [0, 0.1) is 0 Å². The van der Waals surface area contributed by atoms with E-state index in [9.17, 15) is 0 Å². The lowest BCUT2D eigenvalue weighted by Gasteiger charge is -2.05. The smallest absolute Gasteiger partial charge is 0.119 e. The number of benzene rings is 1. The first-order valence-electron chi connectivity index (χ1n) is 6.66. The Kier molecular flexibility index (Phi) is 3.59. The molecular formula is C17H16N2O. The van der Waals surface area contributed by atoms with Gasteiger partial charge in [0.1, 0.15) is 5.75 Å². The van der Waals surface area contributed by atoms with E-state index in [0.29, 0.717) is 0 Å². The normalized spacial score (nSPS) is 16.2. The predicted octanol–water partition coefficient (Wildman–Crippen LogP) is 3.37. The first-order valence-corrected chi connectivity index (χ1v) is 6.66. The zero-order chi connectivity index (χ0) is 13.8. The molecule has 0 aliphatic carbocycles. The van der Waals surface area contributed by atoms with Gasteiger partial charge in [-0.2, -0.15) is 0 Å². The van der Waals surface area contributed by atoms with Crippen molar-refractivity contribution in [3.8, 4) is 5.75 Å². The van der Waals surface area contributed by atoms with Crippen LogP contribution in [-0.4, -0.2) is 24.4 Å². The van der Waals surface area contributed by atoms with Crippen LogP contribution in [0.1, 0.15) is 17.5 Å². The van der Waals surface area contributed by atoms with E-state index in [1.807, 2.05) is 30.5 Å². The predicted molar refractivity (Wildman–Crippen MR) is 81.2 cm³/mol. The molecule has 3 heteroatoms. The lowest BCUT2D eigenvalue weighted by atomic mass is 10.0. The first kappa shape index (κ1) is 12.6. The molecule has 100 valence electrons. The molecule has 0 atom stereocenters. The third kappa shape index (κ3) is 2.62. The number of methoxy groups -OCH3 is 1. The SMILES string of the molecule is COc1cccc(/C=C2\CCN=C2c2cccnc2)c1. The van der Waals surface area contributed by atoms with E-state index in [1.165, 1.54) is 5.57 Å². The molecule has 0 amide bonds. The van der Waals surface area contributed by atoms with Crippen molar-refractivity contribution in [1.82, 2.24) is 4.98 Å². The molecule has 1 aromatic heterocycles. The monoisotopic (exact) mass is 264 g/mol. The summed E-state index contributed by atoms with van der Waals surface area (Å²) in [4.78, 5) is 8.77. The van der Waals surface area contributed by atoms with Gasteiger partial charge < -0.3 is 4.74 Å². The van der Waals surface area contributed by atoms with E-state index in [1.54, 1.807) is 13.3 Å². The van der Waals surface area contributed by atoms with Gasteiger partial charge in [-0.05, 0) is 47.9 Å². The molecule has 3 nitrogen and oxygen atoms in total. The molecule has 0 spiro atoms. The highest BCUT2D eigenvalue weighted by Crippen LogP contribution is 2.23. The van der Waals surface area contributed by atoms with E-state index in [0.717, 1.165) is 35.6 Å². The number of rotatable bonds is 3. The van der Waals surface area contributed by atoms with Crippen LogP contribution in [-0.2, 0) is 0 Å². The Morgan fingerprint density at radius 3 is 2.95 bits per heavy atom. The van der Waals surface area contributed by atoms with Crippen LogP contribution in [0.25, 0.3) is 6.08 Å². The quantitative estimate of drug-likeness (QED) is 0.852. The molecule has 2 aromatic rings. The van der Waals surface area contributed by atoms with Crippen molar-refractivity contribution in [3.63, 3.8) is 0 Å². The Morgan fingerprint density at radius 2 is 2.15 bits per heavy atom. The second-order valence-electron chi connectivity index (χ2n) is 4.67. The van der Waals surface area contributed by atoms with Crippen LogP contribution in [0.2, 0.25) is 0 Å². The van der Waals surface area contributed by atoms with Gasteiger partial charge in [-0.3, -0.25) is 9.98 Å². The lowest BCUT2D eigenvalue weighted by Crippen LogP contribution is -2.00. The Hall–Kier alpha value is -2.42. The van der Waals surface area contributed by atoms with Gasteiger partial charge >= 0.3 is 0 Å². The number of nitrogens with zero attached hydrogens (tertiary/aromatic N) is 2. The summed E-state index contributed by atoms with van der Waals surface area (Å²) in [5.41, 5.74) is 4.53. The standard InChI is InChI=1S/C17H16N2O/c1-20-16-6-2-4-13(11-16)10-14-7-9-19-17(14)15-5-3-8-18-12-15/h2-6,8,10-12H,7,9H2,1H3/b14-10+. The summed E-state index contributed by atoms with van der Waals surface area (Å²) >= 11 is 0. The fraction of sp³-hybridized carbons (Fsp3) is 0.176. The van der Waals surface area contributed by atoms with Crippen LogP contribution in [0.3, 0.4) is 0 Å². The Labute approximate surface area is 118 Å². The van der Waals surface area contributed by atoms with Gasteiger partial charge in [0.15, 0.2) is 0 Å². The molecule has 0 radical (unpaired) electrons. The molecule has 0 bridgehead atoms. The Bertz CT molecular complexity index is 660. The van der Waals surface area contributed by atoms with Gasteiger partial charge in [-0.25, -0.2) is 0 Å². The second-order valence-corrected chi connectivity index (χ2v) is 4.67. The topological polar surface area (TPSA) is 34.5 Å². The molecule has 1 aliphatic heterocycles.